The zero-order chi connectivity index (χ0) is 23.9. The van der Waals surface area contributed by atoms with Gasteiger partial charge in [0.25, 0.3) is 5.91 Å². The number of pyridine rings is 1. The van der Waals surface area contributed by atoms with Crippen LogP contribution in [0.5, 0.6) is 5.75 Å². The number of nitrogens with zero attached hydrogens (tertiary/aromatic N) is 2. The van der Waals surface area contributed by atoms with Crippen molar-refractivity contribution in [2.75, 3.05) is 12.0 Å². The Morgan fingerprint density at radius 1 is 0.743 bits per heavy atom. The summed E-state index contributed by atoms with van der Waals surface area (Å²) in [5.41, 5.74) is 5.99. The van der Waals surface area contributed by atoms with Gasteiger partial charge < -0.3 is 9.84 Å². The summed E-state index contributed by atoms with van der Waals surface area (Å²) >= 11 is 0. The normalized spacial score (nSPS) is 14.9. The molecule has 1 aliphatic heterocycles. The first-order chi connectivity index (χ1) is 17.2. The van der Waals surface area contributed by atoms with Gasteiger partial charge in [0.1, 0.15) is 5.75 Å². The largest absolute Gasteiger partial charge is 0.496 e. The molecule has 1 N–H and O–H groups in total. The van der Waals surface area contributed by atoms with Crippen molar-refractivity contribution in [2.24, 2.45) is 0 Å². The summed E-state index contributed by atoms with van der Waals surface area (Å²) < 4.78 is 5.73. The number of aromatic nitrogens is 1. The van der Waals surface area contributed by atoms with Gasteiger partial charge in [0.05, 0.1) is 7.11 Å². The summed E-state index contributed by atoms with van der Waals surface area (Å²) in [7, 11) is 1.62. The van der Waals surface area contributed by atoms with Gasteiger partial charge in [0.15, 0.2) is 6.23 Å². The highest BCUT2D eigenvalue weighted by Gasteiger charge is 2.35. The van der Waals surface area contributed by atoms with E-state index in [-0.39, 0.29) is 5.91 Å². The first-order valence-electron chi connectivity index (χ1n) is 11.4. The fraction of sp³-hybridized carbons (Fsp3) is 0.0667. The molecule has 0 saturated carbocycles. The Hall–Kier alpha value is -4.48. The van der Waals surface area contributed by atoms with Crippen LogP contribution in [0.15, 0.2) is 103 Å². The van der Waals surface area contributed by atoms with Gasteiger partial charge >= 0.3 is 0 Å². The second-order valence-corrected chi connectivity index (χ2v) is 8.47. The highest BCUT2D eigenvalue weighted by atomic mass is 16.5. The molecule has 5 nitrogen and oxygen atoms in total. The third-order valence-corrected chi connectivity index (χ3v) is 6.59. The fourth-order valence-corrected chi connectivity index (χ4v) is 4.91. The minimum absolute atomic E-state index is 0.242. The molecule has 1 amide bonds. The number of anilines is 1. The number of hydrogen-bond acceptors (Lipinski definition) is 4. The molecule has 0 fully saturated rings. The Bertz CT molecular complexity index is 1550. The topological polar surface area (TPSA) is 62.7 Å². The maximum atomic E-state index is 13.6. The third-order valence-electron chi connectivity index (χ3n) is 6.59. The number of methoxy groups -OCH3 is 1. The molecular formula is C30H22N2O3. The van der Waals surface area contributed by atoms with Crippen molar-refractivity contribution < 1.29 is 14.6 Å². The van der Waals surface area contributed by atoms with Crippen molar-refractivity contribution in [1.82, 2.24) is 4.98 Å². The van der Waals surface area contributed by atoms with Crippen molar-refractivity contribution in [2.45, 2.75) is 6.23 Å². The molecule has 170 valence electrons. The van der Waals surface area contributed by atoms with Crippen molar-refractivity contribution >= 4 is 22.4 Å². The summed E-state index contributed by atoms with van der Waals surface area (Å²) in [6.45, 7) is 0. The summed E-state index contributed by atoms with van der Waals surface area (Å²) in [4.78, 5) is 19.1. The monoisotopic (exact) mass is 458 g/mol. The summed E-state index contributed by atoms with van der Waals surface area (Å²) in [5.74, 6) is 0.418. The van der Waals surface area contributed by atoms with Crippen molar-refractivity contribution in [1.29, 1.82) is 0 Å². The Kier molecular flexibility index (Phi) is 5.05. The predicted molar refractivity (Wildman–Crippen MR) is 137 cm³/mol. The second-order valence-electron chi connectivity index (χ2n) is 8.47. The van der Waals surface area contributed by atoms with E-state index in [1.807, 2.05) is 66.7 Å². The van der Waals surface area contributed by atoms with Crippen LogP contribution in [0.1, 0.15) is 22.1 Å². The highest BCUT2D eigenvalue weighted by molar-refractivity contribution is 6.20. The lowest BCUT2D eigenvalue weighted by atomic mass is 9.87. The lowest BCUT2D eigenvalue weighted by Gasteiger charge is -2.34. The Balaban J connectivity index is 1.53. The number of aliphatic hydroxyl groups excluding tert-OH is 1. The average molecular weight is 459 g/mol. The van der Waals surface area contributed by atoms with Crippen LogP contribution < -0.4 is 9.64 Å². The van der Waals surface area contributed by atoms with Crippen molar-refractivity contribution in [3.05, 3.63) is 115 Å². The smallest absolute Gasteiger partial charge is 0.261 e. The summed E-state index contributed by atoms with van der Waals surface area (Å²) in [5, 5.41) is 12.8. The number of benzene rings is 4. The number of aliphatic hydroxyl groups is 1. The highest BCUT2D eigenvalue weighted by Crippen LogP contribution is 2.45. The van der Waals surface area contributed by atoms with E-state index >= 15 is 0 Å². The molecular weight excluding hydrogens is 436 g/mol. The molecule has 0 spiro atoms. The van der Waals surface area contributed by atoms with Crippen LogP contribution in [0.4, 0.5) is 5.69 Å². The van der Waals surface area contributed by atoms with Gasteiger partial charge in [-0.25, -0.2) is 0 Å². The van der Waals surface area contributed by atoms with E-state index in [1.54, 1.807) is 19.5 Å². The van der Waals surface area contributed by atoms with Crippen LogP contribution in [-0.2, 0) is 0 Å². The molecule has 0 radical (unpaired) electrons. The number of ether oxygens (including phenoxy) is 1. The molecule has 1 aliphatic rings. The van der Waals surface area contributed by atoms with Crippen LogP contribution in [0.3, 0.4) is 0 Å². The number of rotatable bonds is 4. The van der Waals surface area contributed by atoms with Gasteiger partial charge in [-0.15, -0.1) is 0 Å². The van der Waals surface area contributed by atoms with Gasteiger partial charge in [-0.05, 0) is 58.7 Å². The number of hydrogen-bond donors (Lipinski definition) is 1. The standard InChI is InChI=1S/C30H22N2O3/c1-35-26-14-13-25-27-24(29(33)32(30(25)34)22-5-3-2-4-6-22)12-11-23(28(26)27)21-9-7-19(8-10-21)20-15-17-31-18-16-20/h2-18,30,34H,1H3. The predicted octanol–water partition coefficient (Wildman–Crippen LogP) is 6.23. The molecule has 5 aromatic rings. The minimum Gasteiger partial charge on any atom is -0.496 e. The lowest BCUT2D eigenvalue weighted by Crippen LogP contribution is -2.38. The number of carbonyl (C=O) groups excluding carboxylic acids is 1. The van der Waals surface area contributed by atoms with Gasteiger partial charge in [0.2, 0.25) is 0 Å². The number of carbonyl (C=O) groups is 1. The second kappa shape index (κ2) is 8.38. The van der Waals surface area contributed by atoms with Crippen LogP contribution in [0, 0.1) is 0 Å². The van der Waals surface area contributed by atoms with Gasteiger partial charge in [0, 0.05) is 40.0 Å². The quantitative estimate of drug-likeness (QED) is 0.347. The van der Waals surface area contributed by atoms with E-state index in [9.17, 15) is 9.90 Å². The van der Waals surface area contributed by atoms with Crippen LogP contribution >= 0.6 is 0 Å². The van der Waals surface area contributed by atoms with E-state index in [2.05, 4.69) is 29.2 Å². The zero-order valence-electron chi connectivity index (χ0n) is 19.1. The molecule has 1 aromatic heterocycles. The summed E-state index contributed by atoms with van der Waals surface area (Å²) in [6.07, 6.45) is 2.46. The van der Waals surface area contributed by atoms with Crippen molar-refractivity contribution in [3.8, 4) is 28.0 Å². The molecule has 0 bridgehead atoms. The number of amides is 1. The molecule has 0 aliphatic carbocycles. The lowest BCUT2D eigenvalue weighted by molar-refractivity contribution is 0.0879. The molecule has 6 rings (SSSR count). The Morgan fingerprint density at radius 3 is 2.11 bits per heavy atom. The SMILES string of the molecule is COc1ccc2c3c(ccc(-c4ccc(-c5ccncc5)cc4)c13)C(=O)N(c1ccccc1)C2O. The van der Waals surface area contributed by atoms with E-state index in [0.717, 1.165) is 33.0 Å². The van der Waals surface area contributed by atoms with E-state index in [1.165, 1.54) is 4.90 Å². The number of para-hydroxylation sites is 1. The van der Waals surface area contributed by atoms with Crippen molar-refractivity contribution in [3.63, 3.8) is 0 Å². The Labute approximate surface area is 202 Å². The van der Waals surface area contributed by atoms with E-state index in [0.29, 0.717) is 22.6 Å². The molecule has 2 heterocycles. The zero-order valence-corrected chi connectivity index (χ0v) is 19.1. The molecule has 0 saturated heterocycles. The van der Waals surface area contributed by atoms with Crippen LogP contribution in [0.25, 0.3) is 33.0 Å². The van der Waals surface area contributed by atoms with Crippen LogP contribution in [0.2, 0.25) is 0 Å². The summed E-state index contributed by atoms with van der Waals surface area (Å²) in [6, 6.07) is 29.0. The molecule has 1 atom stereocenters. The molecule has 5 heteroatoms. The van der Waals surface area contributed by atoms with E-state index in [4.69, 9.17) is 4.74 Å². The molecule has 4 aromatic carbocycles. The maximum Gasteiger partial charge on any atom is 0.261 e. The minimum atomic E-state index is -1.10. The van der Waals surface area contributed by atoms with Crippen LogP contribution in [-0.4, -0.2) is 23.1 Å². The van der Waals surface area contributed by atoms with E-state index < -0.39 is 6.23 Å². The fourth-order valence-electron chi connectivity index (χ4n) is 4.91. The van der Waals surface area contributed by atoms with Gasteiger partial charge in [-0.3, -0.25) is 14.7 Å². The average Bonchev–Trinajstić information content (AvgIpc) is 2.92. The van der Waals surface area contributed by atoms with Gasteiger partial charge in [-0.1, -0.05) is 54.6 Å². The maximum absolute atomic E-state index is 13.6. The third kappa shape index (κ3) is 3.36. The first kappa shape index (κ1) is 21.1. The van der Waals surface area contributed by atoms with Gasteiger partial charge in [-0.2, -0.15) is 0 Å². The Morgan fingerprint density at radius 2 is 1.40 bits per heavy atom. The molecule has 35 heavy (non-hydrogen) atoms. The first-order valence-corrected chi connectivity index (χ1v) is 11.4. The molecule has 1 unspecified atom stereocenters.